The van der Waals surface area contributed by atoms with E-state index in [-0.39, 0.29) is 17.6 Å². The van der Waals surface area contributed by atoms with Crippen molar-refractivity contribution >= 4 is 17.5 Å². The third kappa shape index (κ3) is 3.30. The topological polar surface area (TPSA) is 49.4 Å². The molecule has 4 nitrogen and oxygen atoms in total. The number of carbonyl (C=O) groups is 2. The van der Waals surface area contributed by atoms with Gasteiger partial charge in [0.15, 0.2) is 0 Å². The minimum atomic E-state index is -0.681. The van der Waals surface area contributed by atoms with Gasteiger partial charge in [0.05, 0.1) is 0 Å². The molecule has 1 heterocycles. The van der Waals surface area contributed by atoms with Crippen LogP contribution in [-0.2, 0) is 16.1 Å². The van der Waals surface area contributed by atoms with E-state index in [1.54, 1.807) is 12.1 Å². The SMILES string of the molecule is Cc1ccccc1CNC(=O)[C@H]1CCN(c2ccc(F)cc2)C1=O. The highest BCUT2D eigenvalue weighted by Crippen LogP contribution is 2.25. The Morgan fingerprint density at radius 3 is 2.62 bits per heavy atom. The largest absolute Gasteiger partial charge is 0.351 e. The van der Waals surface area contributed by atoms with Gasteiger partial charge in [-0.25, -0.2) is 4.39 Å². The second-order valence-electron chi connectivity index (χ2n) is 5.95. The maximum absolute atomic E-state index is 13.0. The van der Waals surface area contributed by atoms with Gasteiger partial charge in [-0.05, 0) is 48.7 Å². The zero-order valence-corrected chi connectivity index (χ0v) is 13.5. The third-order valence-corrected chi connectivity index (χ3v) is 4.37. The molecule has 3 rings (SSSR count). The molecule has 1 N–H and O–H groups in total. The van der Waals surface area contributed by atoms with Crippen molar-refractivity contribution in [1.82, 2.24) is 5.32 Å². The number of halogens is 1. The van der Waals surface area contributed by atoms with E-state index in [2.05, 4.69) is 5.32 Å². The predicted octanol–water partition coefficient (Wildman–Crippen LogP) is 2.80. The van der Waals surface area contributed by atoms with Crippen molar-refractivity contribution in [3.05, 3.63) is 65.5 Å². The van der Waals surface area contributed by atoms with Crippen LogP contribution >= 0.6 is 0 Å². The van der Waals surface area contributed by atoms with Crippen molar-refractivity contribution in [2.45, 2.75) is 19.9 Å². The summed E-state index contributed by atoms with van der Waals surface area (Å²) in [6, 6.07) is 13.5. The summed E-state index contributed by atoms with van der Waals surface area (Å²) in [4.78, 5) is 26.4. The Bertz CT molecular complexity index is 758. The first-order chi connectivity index (χ1) is 11.6. The van der Waals surface area contributed by atoms with Gasteiger partial charge in [-0.2, -0.15) is 0 Å². The van der Waals surface area contributed by atoms with Gasteiger partial charge >= 0.3 is 0 Å². The van der Waals surface area contributed by atoms with Crippen molar-refractivity contribution in [2.75, 3.05) is 11.4 Å². The van der Waals surface area contributed by atoms with Crippen LogP contribution < -0.4 is 10.2 Å². The Morgan fingerprint density at radius 2 is 1.92 bits per heavy atom. The Morgan fingerprint density at radius 1 is 1.21 bits per heavy atom. The summed E-state index contributed by atoms with van der Waals surface area (Å²) in [5.41, 5.74) is 2.76. The van der Waals surface area contributed by atoms with E-state index in [9.17, 15) is 14.0 Å². The monoisotopic (exact) mass is 326 g/mol. The van der Waals surface area contributed by atoms with Crippen LogP contribution in [0.2, 0.25) is 0 Å². The van der Waals surface area contributed by atoms with Gasteiger partial charge in [0.25, 0.3) is 0 Å². The number of carbonyl (C=O) groups excluding carboxylic acids is 2. The molecule has 1 fully saturated rings. The lowest BCUT2D eigenvalue weighted by Crippen LogP contribution is -2.36. The molecule has 0 aromatic heterocycles. The molecule has 2 amide bonds. The molecule has 0 unspecified atom stereocenters. The first-order valence-electron chi connectivity index (χ1n) is 7.95. The zero-order chi connectivity index (χ0) is 17.1. The van der Waals surface area contributed by atoms with Gasteiger partial charge in [-0.1, -0.05) is 24.3 Å². The van der Waals surface area contributed by atoms with Crippen LogP contribution in [0, 0.1) is 18.7 Å². The maximum atomic E-state index is 13.0. The van der Waals surface area contributed by atoms with E-state index >= 15 is 0 Å². The molecule has 1 saturated heterocycles. The van der Waals surface area contributed by atoms with E-state index in [1.807, 2.05) is 31.2 Å². The van der Waals surface area contributed by atoms with Gasteiger partial charge in [-0.3, -0.25) is 9.59 Å². The number of hydrogen-bond donors (Lipinski definition) is 1. The fourth-order valence-electron chi connectivity index (χ4n) is 2.91. The molecule has 1 aliphatic rings. The van der Waals surface area contributed by atoms with Crippen LogP contribution in [0.5, 0.6) is 0 Å². The van der Waals surface area contributed by atoms with E-state index in [4.69, 9.17) is 0 Å². The first kappa shape index (κ1) is 16.2. The summed E-state index contributed by atoms with van der Waals surface area (Å²) in [6.45, 7) is 2.86. The number of hydrogen-bond acceptors (Lipinski definition) is 2. The van der Waals surface area contributed by atoms with Gasteiger partial charge in [0.2, 0.25) is 11.8 Å². The number of aryl methyl sites for hydroxylation is 1. The highest BCUT2D eigenvalue weighted by molar-refractivity contribution is 6.09. The van der Waals surface area contributed by atoms with Crippen LogP contribution in [-0.4, -0.2) is 18.4 Å². The molecule has 5 heteroatoms. The molecule has 2 aromatic carbocycles. The van der Waals surface area contributed by atoms with Gasteiger partial charge in [-0.15, -0.1) is 0 Å². The molecule has 124 valence electrons. The smallest absolute Gasteiger partial charge is 0.239 e. The van der Waals surface area contributed by atoms with Gasteiger partial charge in [0.1, 0.15) is 11.7 Å². The van der Waals surface area contributed by atoms with Crippen molar-refractivity contribution in [2.24, 2.45) is 5.92 Å². The lowest BCUT2D eigenvalue weighted by Gasteiger charge is -2.17. The standard InChI is InChI=1S/C19H19FN2O2/c1-13-4-2-3-5-14(13)12-21-18(23)17-10-11-22(19(17)24)16-8-6-15(20)7-9-16/h2-9,17H,10-12H2,1H3,(H,21,23)/t17-/m1/s1. The maximum Gasteiger partial charge on any atom is 0.239 e. The Balaban J connectivity index is 1.63. The van der Waals surface area contributed by atoms with Gasteiger partial charge < -0.3 is 10.2 Å². The summed E-state index contributed by atoms with van der Waals surface area (Å²) in [5, 5.41) is 2.85. The number of nitrogens with zero attached hydrogens (tertiary/aromatic N) is 1. The van der Waals surface area contributed by atoms with Crippen molar-refractivity contribution < 1.29 is 14.0 Å². The van der Waals surface area contributed by atoms with Gasteiger partial charge in [0, 0.05) is 18.8 Å². The molecule has 0 spiro atoms. The molecule has 0 radical (unpaired) electrons. The average Bonchev–Trinajstić information content (AvgIpc) is 2.96. The van der Waals surface area contributed by atoms with E-state index in [0.29, 0.717) is 25.2 Å². The molecule has 1 atom stereocenters. The predicted molar refractivity (Wildman–Crippen MR) is 89.9 cm³/mol. The highest BCUT2D eigenvalue weighted by atomic mass is 19.1. The lowest BCUT2D eigenvalue weighted by atomic mass is 10.1. The van der Waals surface area contributed by atoms with E-state index in [1.165, 1.54) is 17.0 Å². The van der Waals surface area contributed by atoms with Crippen LogP contribution in [0.4, 0.5) is 10.1 Å². The molecule has 0 saturated carbocycles. The Labute approximate surface area is 140 Å². The number of anilines is 1. The summed E-state index contributed by atoms with van der Waals surface area (Å²) in [6.07, 6.45) is 0.468. The molecule has 1 aliphatic heterocycles. The highest BCUT2D eigenvalue weighted by Gasteiger charge is 2.37. The fourth-order valence-corrected chi connectivity index (χ4v) is 2.91. The average molecular weight is 326 g/mol. The number of amides is 2. The Kier molecular flexibility index (Phi) is 4.60. The minimum absolute atomic E-state index is 0.233. The van der Waals surface area contributed by atoms with Crippen LogP contribution in [0.3, 0.4) is 0 Å². The fraction of sp³-hybridized carbons (Fsp3) is 0.263. The normalized spacial score (nSPS) is 17.2. The van der Waals surface area contributed by atoms with Crippen molar-refractivity contribution in [1.29, 1.82) is 0 Å². The van der Waals surface area contributed by atoms with E-state index in [0.717, 1.165) is 11.1 Å². The second-order valence-corrected chi connectivity index (χ2v) is 5.95. The summed E-state index contributed by atoms with van der Waals surface area (Å²) in [5.74, 6) is -1.52. The summed E-state index contributed by atoms with van der Waals surface area (Å²) in [7, 11) is 0. The number of nitrogens with one attached hydrogen (secondary N) is 1. The number of rotatable bonds is 4. The molecular weight excluding hydrogens is 307 g/mol. The number of benzene rings is 2. The Hall–Kier alpha value is -2.69. The summed E-state index contributed by atoms with van der Waals surface area (Å²) >= 11 is 0. The molecule has 0 aliphatic carbocycles. The molecular formula is C19H19FN2O2. The van der Waals surface area contributed by atoms with E-state index < -0.39 is 5.92 Å². The quantitative estimate of drug-likeness (QED) is 0.879. The second kappa shape index (κ2) is 6.83. The molecule has 24 heavy (non-hydrogen) atoms. The molecule has 0 bridgehead atoms. The van der Waals surface area contributed by atoms with Crippen LogP contribution in [0.15, 0.2) is 48.5 Å². The molecule has 2 aromatic rings. The zero-order valence-electron chi connectivity index (χ0n) is 13.5. The van der Waals surface area contributed by atoms with Crippen molar-refractivity contribution in [3.63, 3.8) is 0 Å². The first-order valence-corrected chi connectivity index (χ1v) is 7.95. The third-order valence-electron chi connectivity index (χ3n) is 4.37. The lowest BCUT2D eigenvalue weighted by molar-refractivity contribution is -0.132. The van der Waals surface area contributed by atoms with Crippen LogP contribution in [0.25, 0.3) is 0 Å². The summed E-state index contributed by atoms with van der Waals surface area (Å²) < 4.78 is 13.0. The minimum Gasteiger partial charge on any atom is -0.351 e. The van der Waals surface area contributed by atoms with Crippen LogP contribution in [0.1, 0.15) is 17.5 Å². The van der Waals surface area contributed by atoms with Crippen molar-refractivity contribution in [3.8, 4) is 0 Å².